The number of rotatable bonds is 7. The molecule has 1 aromatic carbocycles. The largest absolute Gasteiger partial charge is 0.383 e. The zero-order chi connectivity index (χ0) is 25.7. The number of benzene rings is 1. The van der Waals surface area contributed by atoms with Crippen LogP contribution in [-0.2, 0) is 22.3 Å². The summed E-state index contributed by atoms with van der Waals surface area (Å²) in [6, 6.07) is 11.3. The SMILES string of the molecule is CC1(C)O[C@@H]2[C@@]3(CCc4ccc5ccc(NCC6CC6)nc5c4)C[C@@H](N4CCc5c(N)ncnc54)[C@@]2(C3)O1. The summed E-state index contributed by atoms with van der Waals surface area (Å²) >= 11 is 0. The predicted molar refractivity (Wildman–Crippen MR) is 147 cm³/mol. The molecule has 0 radical (unpaired) electrons. The lowest BCUT2D eigenvalue weighted by atomic mass is 9.61. The van der Waals surface area contributed by atoms with Crippen molar-refractivity contribution in [1.82, 2.24) is 15.0 Å². The Hall–Kier alpha value is -2.97. The molecule has 8 nitrogen and oxygen atoms in total. The van der Waals surface area contributed by atoms with Crippen molar-refractivity contribution >= 4 is 28.4 Å². The van der Waals surface area contributed by atoms with E-state index in [9.17, 15) is 0 Å². The second-order valence-corrected chi connectivity index (χ2v) is 12.8. The number of anilines is 3. The quantitative estimate of drug-likeness (QED) is 0.478. The molecule has 2 bridgehead atoms. The molecule has 4 aliphatic carbocycles. The van der Waals surface area contributed by atoms with Gasteiger partial charge in [0, 0.05) is 29.5 Å². The molecule has 0 unspecified atom stereocenters. The topological polar surface area (TPSA) is 98.4 Å². The standard InChI is InChI=1S/C30H36N6O2/c1-28(2)37-27-29(11-9-18-5-6-20-7-8-24(35-22(20)13-18)32-15-19-3-4-19)14-23(30(27,16-29)38-28)36-12-10-21-25(31)33-17-34-26(21)36/h5-8,13,17,19,23,27H,3-4,9-12,14-16H2,1-2H3,(H,32,35)(H2,31,33,34)/t23-,27-,29+,30-/m1/s1. The van der Waals surface area contributed by atoms with Crippen molar-refractivity contribution in [2.75, 3.05) is 29.0 Å². The Morgan fingerprint density at radius 1 is 1.16 bits per heavy atom. The van der Waals surface area contributed by atoms with Crippen LogP contribution in [0.4, 0.5) is 17.5 Å². The summed E-state index contributed by atoms with van der Waals surface area (Å²) in [5, 5.41) is 4.71. The minimum Gasteiger partial charge on any atom is -0.383 e. The molecular weight excluding hydrogens is 476 g/mol. The highest BCUT2D eigenvalue weighted by Crippen LogP contribution is 2.72. The molecule has 1 saturated heterocycles. The van der Waals surface area contributed by atoms with Gasteiger partial charge in [-0.2, -0.15) is 0 Å². The number of hydrogen-bond acceptors (Lipinski definition) is 8. The van der Waals surface area contributed by atoms with E-state index < -0.39 is 5.79 Å². The van der Waals surface area contributed by atoms with Crippen molar-refractivity contribution in [3.8, 4) is 0 Å². The normalized spacial score (nSPS) is 32.3. The van der Waals surface area contributed by atoms with E-state index in [1.807, 2.05) is 0 Å². The predicted octanol–water partition coefficient (Wildman–Crippen LogP) is 4.48. The van der Waals surface area contributed by atoms with E-state index in [1.165, 1.54) is 23.8 Å². The molecule has 8 heteroatoms. The van der Waals surface area contributed by atoms with E-state index in [2.05, 4.69) is 64.4 Å². The first-order valence-electron chi connectivity index (χ1n) is 14.2. The van der Waals surface area contributed by atoms with Crippen LogP contribution in [-0.4, -0.2) is 51.6 Å². The number of nitrogens with two attached hydrogens (primary N) is 1. The van der Waals surface area contributed by atoms with Crippen LogP contribution in [0.1, 0.15) is 57.1 Å². The minimum absolute atomic E-state index is 0.107. The van der Waals surface area contributed by atoms with Gasteiger partial charge in [-0.3, -0.25) is 0 Å². The summed E-state index contributed by atoms with van der Waals surface area (Å²) in [6.07, 6.45) is 9.44. The van der Waals surface area contributed by atoms with Crippen molar-refractivity contribution < 1.29 is 9.47 Å². The lowest BCUT2D eigenvalue weighted by Crippen LogP contribution is -2.62. The van der Waals surface area contributed by atoms with Crippen LogP contribution < -0.4 is 16.0 Å². The van der Waals surface area contributed by atoms with Crippen LogP contribution in [0, 0.1) is 11.3 Å². The molecule has 3 aromatic rings. The van der Waals surface area contributed by atoms with Crippen LogP contribution in [0.3, 0.4) is 0 Å². The van der Waals surface area contributed by atoms with Gasteiger partial charge in [0.1, 0.15) is 29.4 Å². The monoisotopic (exact) mass is 512 g/mol. The Kier molecular flexibility index (Phi) is 4.71. The maximum absolute atomic E-state index is 6.73. The summed E-state index contributed by atoms with van der Waals surface area (Å²) < 4.78 is 13.4. The molecule has 198 valence electrons. The number of pyridine rings is 1. The first kappa shape index (κ1) is 23.0. The summed E-state index contributed by atoms with van der Waals surface area (Å²) in [7, 11) is 0. The van der Waals surface area contributed by atoms with Gasteiger partial charge in [0.05, 0.1) is 17.7 Å². The highest BCUT2D eigenvalue weighted by atomic mass is 16.8. The Morgan fingerprint density at radius 3 is 2.89 bits per heavy atom. The van der Waals surface area contributed by atoms with Gasteiger partial charge < -0.3 is 25.4 Å². The van der Waals surface area contributed by atoms with Crippen LogP contribution >= 0.6 is 0 Å². The number of nitrogen functional groups attached to an aromatic ring is 1. The molecule has 4 atom stereocenters. The van der Waals surface area contributed by atoms with Crippen molar-refractivity contribution in [1.29, 1.82) is 0 Å². The van der Waals surface area contributed by atoms with E-state index in [-0.39, 0.29) is 23.2 Å². The molecule has 4 heterocycles. The van der Waals surface area contributed by atoms with Gasteiger partial charge in [-0.1, -0.05) is 12.1 Å². The number of hydrogen-bond donors (Lipinski definition) is 2. The molecule has 6 aliphatic rings. The third kappa shape index (κ3) is 3.39. The molecular formula is C30H36N6O2. The van der Waals surface area contributed by atoms with Crippen molar-refractivity contribution in [3.63, 3.8) is 0 Å². The van der Waals surface area contributed by atoms with E-state index in [0.717, 1.165) is 73.8 Å². The van der Waals surface area contributed by atoms with Gasteiger partial charge in [0.25, 0.3) is 0 Å². The van der Waals surface area contributed by atoms with Gasteiger partial charge >= 0.3 is 0 Å². The second-order valence-electron chi connectivity index (χ2n) is 12.8. The molecule has 1 spiro atoms. The minimum atomic E-state index is -0.574. The number of nitrogens with zero attached hydrogens (tertiary/aromatic N) is 4. The maximum atomic E-state index is 6.73. The van der Waals surface area contributed by atoms with E-state index >= 15 is 0 Å². The average Bonchev–Trinajstić information content (AvgIpc) is 3.37. The van der Waals surface area contributed by atoms with E-state index in [0.29, 0.717) is 5.82 Å². The molecule has 9 rings (SSSR count). The van der Waals surface area contributed by atoms with Gasteiger partial charge in [-0.15, -0.1) is 0 Å². The smallest absolute Gasteiger partial charge is 0.164 e. The lowest BCUT2D eigenvalue weighted by molar-refractivity contribution is -0.161. The number of fused-ring (bicyclic) bond motifs is 3. The second kappa shape index (κ2) is 7.79. The molecule has 3 N–H and O–H groups in total. The summed E-state index contributed by atoms with van der Waals surface area (Å²) in [5.74, 6) is 2.82. The van der Waals surface area contributed by atoms with E-state index in [4.69, 9.17) is 20.2 Å². The molecule has 4 saturated carbocycles. The molecule has 38 heavy (non-hydrogen) atoms. The molecule has 2 aliphatic heterocycles. The van der Waals surface area contributed by atoms with Gasteiger partial charge in [0.2, 0.25) is 0 Å². The third-order valence-electron chi connectivity index (χ3n) is 9.77. The van der Waals surface area contributed by atoms with Gasteiger partial charge in [-0.25, -0.2) is 15.0 Å². The third-order valence-corrected chi connectivity index (χ3v) is 9.77. The van der Waals surface area contributed by atoms with Crippen LogP contribution in [0.5, 0.6) is 0 Å². The van der Waals surface area contributed by atoms with Crippen molar-refractivity contribution in [3.05, 3.63) is 47.8 Å². The number of nitrogens with one attached hydrogen (secondary N) is 1. The zero-order valence-electron chi connectivity index (χ0n) is 22.2. The van der Waals surface area contributed by atoms with Crippen LogP contribution in [0.15, 0.2) is 36.7 Å². The Balaban J connectivity index is 1.04. The van der Waals surface area contributed by atoms with Crippen molar-refractivity contribution in [2.24, 2.45) is 11.3 Å². The number of aromatic nitrogens is 3. The fraction of sp³-hybridized carbons (Fsp3) is 0.567. The molecule has 0 amide bonds. The van der Waals surface area contributed by atoms with Crippen LogP contribution in [0.25, 0.3) is 10.9 Å². The fourth-order valence-electron chi connectivity index (χ4n) is 7.92. The molecule has 2 aromatic heterocycles. The summed E-state index contributed by atoms with van der Waals surface area (Å²) in [6.45, 7) is 6.05. The summed E-state index contributed by atoms with van der Waals surface area (Å²) in [5.41, 5.74) is 9.51. The first-order chi connectivity index (χ1) is 18.3. The van der Waals surface area contributed by atoms with Crippen LogP contribution in [0.2, 0.25) is 0 Å². The maximum Gasteiger partial charge on any atom is 0.164 e. The van der Waals surface area contributed by atoms with E-state index in [1.54, 1.807) is 6.33 Å². The highest BCUT2D eigenvalue weighted by Gasteiger charge is 2.80. The number of aryl methyl sites for hydroxylation is 1. The van der Waals surface area contributed by atoms with Gasteiger partial charge in [-0.05, 0) is 88.5 Å². The first-order valence-corrected chi connectivity index (χ1v) is 14.2. The fourth-order valence-corrected chi connectivity index (χ4v) is 7.92. The van der Waals surface area contributed by atoms with Gasteiger partial charge in [0.15, 0.2) is 5.79 Å². The Bertz CT molecular complexity index is 1440. The summed E-state index contributed by atoms with van der Waals surface area (Å²) in [4.78, 5) is 16.2. The Morgan fingerprint density at radius 2 is 2.03 bits per heavy atom. The zero-order valence-corrected chi connectivity index (χ0v) is 22.2. The lowest BCUT2D eigenvalue weighted by Gasteiger charge is -2.50. The molecule has 5 fully saturated rings. The average molecular weight is 513 g/mol. The Labute approximate surface area is 223 Å². The highest BCUT2D eigenvalue weighted by molar-refractivity contribution is 5.81. The number of ether oxygens (including phenoxy) is 2. The van der Waals surface area contributed by atoms with Crippen molar-refractivity contribution in [2.45, 2.75) is 82.3 Å².